The molecule has 0 aliphatic carbocycles. The lowest BCUT2D eigenvalue weighted by Crippen LogP contribution is -2.19. The van der Waals surface area contributed by atoms with E-state index >= 15 is 0 Å². The van der Waals surface area contributed by atoms with Crippen LogP contribution in [0.3, 0.4) is 0 Å². The van der Waals surface area contributed by atoms with Crippen molar-refractivity contribution in [2.24, 2.45) is 0 Å². The minimum Gasteiger partial charge on any atom is -0.545 e. The first-order chi connectivity index (χ1) is 4.27. The van der Waals surface area contributed by atoms with Crippen LogP contribution in [0.2, 0.25) is 0 Å². The molecule has 0 rings (SSSR count). The monoisotopic (exact) mass is 165 g/mol. The molecule has 0 radical (unpaired) electrons. The maximum atomic E-state index is 9.14. The van der Waals surface area contributed by atoms with Gasteiger partial charge < -0.3 is 9.90 Å². The van der Waals surface area contributed by atoms with Gasteiger partial charge in [0.25, 0.3) is 0 Å². The normalized spacial score (nSPS) is 9.20. The number of carbonyl (C=O) groups excluding carboxylic acids is 1. The van der Waals surface area contributed by atoms with Crippen molar-refractivity contribution < 1.29 is 13.9 Å². The highest BCUT2D eigenvalue weighted by atomic mass is 35.5. The summed E-state index contributed by atoms with van der Waals surface area (Å²) in [6, 6.07) is 0. The van der Waals surface area contributed by atoms with Crippen LogP contribution in [0.15, 0.2) is 12.7 Å². The topological polar surface area (TPSA) is 40.1 Å². The SMILES string of the molecule is C=CC(=O)[O-].C[N+](C)(C)Cl. The van der Waals surface area contributed by atoms with Gasteiger partial charge in [0, 0.05) is 0 Å². The summed E-state index contributed by atoms with van der Waals surface area (Å²) in [6.07, 6.45) is 0.722. The largest absolute Gasteiger partial charge is 0.545 e. The van der Waals surface area contributed by atoms with Crippen molar-refractivity contribution in [1.29, 1.82) is 0 Å². The number of nitrogens with zero attached hydrogens (tertiary/aromatic N) is 1. The Hall–Kier alpha value is -0.540. The average molecular weight is 166 g/mol. The van der Waals surface area contributed by atoms with Crippen LogP contribution < -0.4 is 5.11 Å². The van der Waals surface area contributed by atoms with Crippen LogP contribution >= 0.6 is 11.8 Å². The molecule has 0 aliphatic heterocycles. The van der Waals surface area contributed by atoms with Gasteiger partial charge in [-0.15, -0.1) is 0 Å². The Morgan fingerprint density at radius 1 is 1.60 bits per heavy atom. The van der Waals surface area contributed by atoms with Gasteiger partial charge in [-0.1, -0.05) is 6.58 Å². The van der Waals surface area contributed by atoms with Gasteiger partial charge in [-0.05, 0) is 6.08 Å². The van der Waals surface area contributed by atoms with Crippen molar-refractivity contribution in [3.05, 3.63) is 12.7 Å². The molecule has 3 nitrogen and oxygen atoms in total. The molecule has 60 valence electrons. The highest BCUT2D eigenvalue weighted by Gasteiger charge is 1.95. The summed E-state index contributed by atoms with van der Waals surface area (Å²) in [5.74, 6) is -1.23. The van der Waals surface area contributed by atoms with E-state index in [1.165, 1.54) is 0 Å². The van der Waals surface area contributed by atoms with Crippen LogP contribution in [0, 0.1) is 0 Å². The number of rotatable bonds is 1. The Kier molecular flexibility index (Phi) is 6.40. The summed E-state index contributed by atoms with van der Waals surface area (Å²) in [4.78, 5) is 9.14. The van der Waals surface area contributed by atoms with Gasteiger partial charge in [0.2, 0.25) is 0 Å². The maximum Gasteiger partial charge on any atom is 0.164 e. The lowest BCUT2D eigenvalue weighted by Gasteiger charge is -2.07. The van der Waals surface area contributed by atoms with E-state index in [2.05, 4.69) is 6.58 Å². The van der Waals surface area contributed by atoms with Gasteiger partial charge in [-0.2, -0.15) is 0 Å². The summed E-state index contributed by atoms with van der Waals surface area (Å²) in [5, 5.41) is 9.14. The molecule has 0 unspecified atom stereocenters. The molecule has 0 amide bonds. The quantitative estimate of drug-likeness (QED) is 0.398. The van der Waals surface area contributed by atoms with Gasteiger partial charge >= 0.3 is 0 Å². The molecule has 0 aromatic rings. The predicted molar refractivity (Wildman–Crippen MR) is 39.1 cm³/mol. The summed E-state index contributed by atoms with van der Waals surface area (Å²) in [6.45, 7) is 2.90. The zero-order valence-electron chi connectivity index (χ0n) is 6.43. The van der Waals surface area contributed by atoms with Crippen molar-refractivity contribution in [2.75, 3.05) is 21.1 Å². The van der Waals surface area contributed by atoms with Crippen LogP contribution in [0.1, 0.15) is 0 Å². The Morgan fingerprint density at radius 2 is 1.70 bits per heavy atom. The summed E-state index contributed by atoms with van der Waals surface area (Å²) in [7, 11) is 5.67. The van der Waals surface area contributed by atoms with E-state index in [0.717, 1.165) is 6.08 Å². The number of carboxylic acid groups (broad SMARTS) is 1. The Morgan fingerprint density at radius 3 is 1.70 bits per heavy atom. The number of aliphatic carboxylic acids is 1. The molecule has 0 saturated carbocycles. The van der Waals surface area contributed by atoms with E-state index in [1.807, 2.05) is 21.1 Å². The van der Waals surface area contributed by atoms with E-state index in [0.29, 0.717) is 4.00 Å². The third-order valence-corrected chi connectivity index (χ3v) is 0.167. The molecule has 0 heterocycles. The number of hydrogen-bond donors (Lipinski definition) is 0. The van der Waals surface area contributed by atoms with Crippen molar-refractivity contribution in [3.63, 3.8) is 0 Å². The fourth-order valence-electron chi connectivity index (χ4n) is 0. The summed E-state index contributed by atoms with van der Waals surface area (Å²) in [5.41, 5.74) is 0. The van der Waals surface area contributed by atoms with Crippen molar-refractivity contribution in [2.45, 2.75) is 0 Å². The molecule has 0 N–H and O–H groups in total. The van der Waals surface area contributed by atoms with Crippen molar-refractivity contribution >= 4 is 17.7 Å². The van der Waals surface area contributed by atoms with Gasteiger partial charge in [0.1, 0.15) is 0 Å². The number of halogens is 1. The first-order valence-electron chi connectivity index (χ1n) is 2.62. The minimum absolute atomic E-state index is 0.472. The molecule has 0 aliphatic rings. The smallest absolute Gasteiger partial charge is 0.164 e. The lowest BCUT2D eigenvalue weighted by molar-refractivity contribution is -0.747. The first kappa shape index (κ1) is 12.2. The highest BCUT2D eigenvalue weighted by Crippen LogP contribution is 1.91. The molecule has 10 heavy (non-hydrogen) atoms. The molecule has 0 fully saturated rings. The van der Waals surface area contributed by atoms with E-state index < -0.39 is 5.97 Å². The van der Waals surface area contributed by atoms with Crippen LogP contribution in [0.25, 0.3) is 0 Å². The number of carboxylic acids is 1. The van der Waals surface area contributed by atoms with E-state index in [-0.39, 0.29) is 0 Å². The Balaban J connectivity index is 0. The zero-order valence-corrected chi connectivity index (χ0v) is 7.18. The van der Waals surface area contributed by atoms with Crippen molar-refractivity contribution in [1.82, 2.24) is 0 Å². The molecule has 0 aromatic heterocycles. The molecule has 0 saturated heterocycles. The standard InChI is InChI=1S/C3H9ClN.C3H4O2/c1-5(2,3)4;1-2-3(4)5/h1-3H3;2H,1H2,(H,4,5)/q+1;/p-1. The Bertz CT molecular complexity index is 111. The van der Waals surface area contributed by atoms with Gasteiger partial charge in [-0.25, -0.2) is 4.00 Å². The molecule has 0 aromatic carbocycles. The Labute approximate surface area is 66.2 Å². The van der Waals surface area contributed by atoms with Crippen LogP contribution in [-0.4, -0.2) is 31.1 Å². The number of quaternary nitrogens is 1. The molecule has 0 bridgehead atoms. The average Bonchev–Trinajstić information content (AvgIpc) is 1.61. The van der Waals surface area contributed by atoms with E-state index in [1.54, 1.807) is 0 Å². The highest BCUT2D eigenvalue weighted by molar-refractivity contribution is 6.06. The fourth-order valence-corrected chi connectivity index (χ4v) is 0. The lowest BCUT2D eigenvalue weighted by atomic mass is 10.7. The van der Waals surface area contributed by atoms with E-state index in [9.17, 15) is 0 Å². The fraction of sp³-hybridized carbons (Fsp3) is 0.500. The molecular weight excluding hydrogens is 154 g/mol. The second-order valence-electron chi connectivity index (χ2n) is 2.37. The van der Waals surface area contributed by atoms with Crippen LogP contribution in [0.4, 0.5) is 0 Å². The second kappa shape index (κ2) is 5.26. The van der Waals surface area contributed by atoms with E-state index in [4.69, 9.17) is 21.7 Å². The van der Waals surface area contributed by atoms with Gasteiger partial charge in [0.05, 0.1) is 27.1 Å². The second-order valence-corrected chi connectivity index (χ2v) is 3.39. The number of hydrogen-bond acceptors (Lipinski definition) is 2. The van der Waals surface area contributed by atoms with Gasteiger partial charge in [0.15, 0.2) is 11.8 Å². The maximum absolute atomic E-state index is 9.14. The third-order valence-electron chi connectivity index (χ3n) is 0.167. The van der Waals surface area contributed by atoms with Crippen molar-refractivity contribution in [3.8, 4) is 0 Å². The third kappa shape index (κ3) is 146. The molecule has 0 atom stereocenters. The van der Waals surface area contributed by atoms with Gasteiger partial charge in [-0.3, -0.25) is 0 Å². The molecule has 0 spiro atoms. The summed E-state index contributed by atoms with van der Waals surface area (Å²) < 4.78 is 0.472. The summed E-state index contributed by atoms with van der Waals surface area (Å²) >= 11 is 5.47. The zero-order chi connectivity index (χ0) is 8.78. The molecule has 4 heteroatoms. The predicted octanol–water partition coefficient (Wildman–Crippen LogP) is -0.231. The van der Waals surface area contributed by atoms with Crippen LogP contribution in [0.5, 0.6) is 0 Å². The van der Waals surface area contributed by atoms with Crippen LogP contribution in [-0.2, 0) is 4.79 Å². The first-order valence-corrected chi connectivity index (χ1v) is 2.95. The molecular formula is C6H12ClNO2. The number of carbonyl (C=O) groups is 1. The minimum atomic E-state index is -1.23.